The summed E-state index contributed by atoms with van der Waals surface area (Å²) in [5.41, 5.74) is 3.26. The fourth-order valence-electron chi connectivity index (χ4n) is 4.59. The maximum Gasteiger partial charge on any atom is 0.229 e. The fraction of sp³-hybridized carbons (Fsp3) is 0.522. The molecule has 2 aliphatic rings. The number of benzene rings is 1. The highest BCUT2D eigenvalue weighted by molar-refractivity contribution is 5.80. The van der Waals surface area contributed by atoms with Crippen LogP contribution in [0.2, 0.25) is 0 Å². The number of hydrogen-bond acceptors (Lipinski definition) is 7. The summed E-state index contributed by atoms with van der Waals surface area (Å²) in [6, 6.07) is 6.10. The Morgan fingerprint density at radius 3 is 2.68 bits per heavy atom. The van der Waals surface area contributed by atoms with Gasteiger partial charge in [-0.1, -0.05) is 6.42 Å². The summed E-state index contributed by atoms with van der Waals surface area (Å²) in [5, 5.41) is 6.32. The molecule has 166 valence electrons. The van der Waals surface area contributed by atoms with Gasteiger partial charge >= 0.3 is 0 Å². The van der Waals surface area contributed by atoms with Crippen molar-refractivity contribution in [3.05, 3.63) is 35.8 Å². The van der Waals surface area contributed by atoms with E-state index < -0.39 is 5.82 Å². The number of carbonyl (C=O) groups excluding carboxylic acids is 1. The lowest BCUT2D eigenvalue weighted by atomic mass is 9.99. The number of aromatic nitrogens is 2. The molecular weight excluding hydrogens is 395 g/mol. The molecule has 2 aromatic rings. The molecule has 0 amide bonds. The maximum atomic E-state index is 14.3. The summed E-state index contributed by atoms with van der Waals surface area (Å²) in [6.07, 6.45) is 3.80. The van der Waals surface area contributed by atoms with E-state index in [0.29, 0.717) is 5.95 Å². The van der Waals surface area contributed by atoms with Gasteiger partial charge in [0.1, 0.15) is 5.78 Å². The number of nitrogens with zero attached hydrogens (tertiary/aromatic N) is 4. The van der Waals surface area contributed by atoms with Crippen molar-refractivity contribution in [2.24, 2.45) is 5.92 Å². The molecule has 7 nitrogen and oxygen atoms in total. The van der Waals surface area contributed by atoms with Crippen molar-refractivity contribution in [1.29, 1.82) is 0 Å². The van der Waals surface area contributed by atoms with Crippen LogP contribution in [-0.4, -0.2) is 59.9 Å². The third-order valence-corrected chi connectivity index (χ3v) is 6.40. The van der Waals surface area contributed by atoms with Crippen LogP contribution >= 0.6 is 0 Å². The van der Waals surface area contributed by atoms with Gasteiger partial charge in [-0.3, -0.25) is 4.79 Å². The van der Waals surface area contributed by atoms with Gasteiger partial charge in [0.05, 0.1) is 6.20 Å². The van der Waals surface area contributed by atoms with E-state index in [1.54, 1.807) is 6.92 Å². The maximum absolute atomic E-state index is 14.3. The average molecular weight is 427 g/mol. The van der Waals surface area contributed by atoms with Gasteiger partial charge in [-0.15, -0.1) is 0 Å². The van der Waals surface area contributed by atoms with Gasteiger partial charge in [-0.05, 0) is 57.5 Å². The zero-order valence-electron chi connectivity index (χ0n) is 18.5. The largest absolute Gasteiger partial charge is 0.369 e. The van der Waals surface area contributed by atoms with E-state index >= 15 is 0 Å². The predicted octanol–water partition coefficient (Wildman–Crippen LogP) is 3.59. The second-order valence-corrected chi connectivity index (χ2v) is 8.71. The molecule has 0 bridgehead atoms. The highest BCUT2D eigenvalue weighted by atomic mass is 19.1. The molecule has 2 atom stereocenters. The second kappa shape index (κ2) is 9.18. The number of nitrogens with one attached hydrogen (secondary N) is 2. The Hall–Kier alpha value is -2.74. The van der Waals surface area contributed by atoms with Gasteiger partial charge in [0.15, 0.2) is 11.6 Å². The SMILES string of the molecule is CC(=O)[C@H]1CCC[C@@H]1Nc1nc(Nc2ccc(N3CCN(C)CC3)c(C)c2)ncc1F. The van der Waals surface area contributed by atoms with Crippen LogP contribution in [0.15, 0.2) is 24.4 Å². The molecular formula is C23H31FN6O. The Kier molecular flexibility index (Phi) is 6.36. The van der Waals surface area contributed by atoms with E-state index in [9.17, 15) is 9.18 Å². The quantitative estimate of drug-likeness (QED) is 0.731. The molecule has 0 radical (unpaired) electrons. The predicted molar refractivity (Wildman–Crippen MR) is 122 cm³/mol. The van der Waals surface area contributed by atoms with Crippen molar-refractivity contribution in [1.82, 2.24) is 14.9 Å². The van der Waals surface area contributed by atoms with Gasteiger partial charge in [-0.2, -0.15) is 4.98 Å². The van der Waals surface area contributed by atoms with Crippen molar-refractivity contribution < 1.29 is 9.18 Å². The van der Waals surface area contributed by atoms with Gasteiger partial charge in [0.2, 0.25) is 5.95 Å². The van der Waals surface area contributed by atoms with E-state index in [-0.39, 0.29) is 23.6 Å². The van der Waals surface area contributed by atoms with E-state index in [1.807, 2.05) is 6.07 Å². The minimum Gasteiger partial charge on any atom is -0.369 e. The summed E-state index contributed by atoms with van der Waals surface area (Å²) < 4.78 is 14.3. The van der Waals surface area contributed by atoms with Crippen LogP contribution in [0.1, 0.15) is 31.7 Å². The van der Waals surface area contributed by atoms with Crippen molar-refractivity contribution in [3.63, 3.8) is 0 Å². The van der Waals surface area contributed by atoms with Crippen LogP contribution < -0.4 is 15.5 Å². The summed E-state index contributed by atoms with van der Waals surface area (Å²) in [4.78, 5) is 25.0. The molecule has 0 spiro atoms. The average Bonchev–Trinajstić information content (AvgIpc) is 3.20. The van der Waals surface area contributed by atoms with Crippen molar-refractivity contribution in [2.45, 2.75) is 39.2 Å². The first-order valence-electron chi connectivity index (χ1n) is 11.0. The highest BCUT2D eigenvalue weighted by Gasteiger charge is 2.31. The highest BCUT2D eigenvalue weighted by Crippen LogP contribution is 2.30. The van der Waals surface area contributed by atoms with Gasteiger partial charge < -0.3 is 20.4 Å². The Morgan fingerprint density at radius 1 is 1.19 bits per heavy atom. The summed E-state index contributed by atoms with van der Waals surface area (Å²) >= 11 is 0. The first-order valence-corrected chi connectivity index (χ1v) is 11.0. The molecule has 1 aromatic heterocycles. The number of carbonyl (C=O) groups is 1. The molecule has 1 aliphatic carbocycles. The summed E-state index contributed by atoms with van der Waals surface area (Å²) in [5.74, 6) is 0.00469. The van der Waals surface area contributed by atoms with Crippen LogP contribution in [-0.2, 0) is 4.79 Å². The van der Waals surface area contributed by atoms with E-state index in [4.69, 9.17) is 0 Å². The molecule has 1 saturated heterocycles. The number of aryl methyl sites for hydroxylation is 1. The number of Topliss-reactive ketones (excluding diaryl/α,β-unsaturated/α-hetero) is 1. The number of hydrogen-bond donors (Lipinski definition) is 2. The van der Waals surface area contributed by atoms with Gasteiger partial charge in [0, 0.05) is 49.5 Å². The molecule has 1 aliphatic heterocycles. The van der Waals surface area contributed by atoms with E-state index in [1.165, 1.54) is 17.4 Å². The van der Waals surface area contributed by atoms with Crippen LogP contribution in [0.25, 0.3) is 0 Å². The number of likely N-dealkylation sites (N-methyl/N-ethyl adjacent to an activating group) is 1. The molecule has 2 heterocycles. The molecule has 1 aromatic carbocycles. The lowest BCUT2D eigenvalue weighted by molar-refractivity contribution is -0.120. The van der Waals surface area contributed by atoms with E-state index in [0.717, 1.165) is 51.1 Å². The van der Waals surface area contributed by atoms with Crippen molar-refractivity contribution >= 4 is 28.9 Å². The smallest absolute Gasteiger partial charge is 0.229 e. The fourth-order valence-corrected chi connectivity index (χ4v) is 4.59. The molecule has 0 unspecified atom stereocenters. The Labute approximate surface area is 183 Å². The summed E-state index contributed by atoms with van der Waals surface area (Å²) in [7, 11) is 2.15. The van der Waals surface area contributed by atoms with Crippen LogP contribution in [0, 0.1) is 18.7 Å². The van der Waals surface area contributed by atoms with Crippen LogP contribution in [0.4, 0.5) is 27.5 Å². The number of anilines is 4. The lowest BCUT2D eigenvalue weighted by Crippen LogP contribution is -2.44. The summed E-state index contributed by atoms with van der Waals surface area (Å²) in [6.45, 7) is 7.85. The molecule has 1 saturated carbocycles. The first-order chi connectivity index (χ1) is 14.9. The van der Waals surface area contributed by atoms with Gasteiger partial charge in [-0.25, -0.2) is 9.37 Å². The van der Waals surface area contributed by atoms with Crippen molar-refractivity contribution in [3.8, 4) is 0 Å². The number of halogens is 1. The van der Waals surface area contributed by atoms with Crippen LogP contribution in [0.5, 0.6) is 0 Å². The number of piperazine rings is 1. The Morgan fingerprint density at radius 2 is 1.97 bits per heavy atom. The molecule has 31 heavy (non-hydrogen) atoms. The van der Waals surface area contributed by atoms with Crippen LogP contribution in [0.3, 0.4) is 0 Å². The standard InChI is InChI=1S/C23H31FN6O/c1-15-13-17(7-8-21(15)30-11-9-29(3)10-12-30)26-23-25-14-19(24)22(28-23)27-20-6-4-5-18(20)16(2)31/h7-8,13-14,18,20H,4-6,9-12H2,1-3H3,(H2,25,26,27,28)/t18-,20+/m1/s1. The Bertz CT molecular complexity index is 944. The monoisotopic (exact) mass is 426 g/mol. The topological polar surface area (TPSA) is 73.4 Å². The van der Waals surface area contributed by atoms with Gasteiger partial charge in [0.25, 0.3) is 0 Å². The van der Waals surface area contributed by atoms with Crippen molar-refractivity contribution in [2.75, 3.05) is 48.8 Å². The third kappa shape index (κ3) is 4.95. The Balaban J connectivity index is 1.46. The number of ketones is 1. The lowest BCUT2D eigenvalue weighted by Gasteiger charge is -2.35. The minimum atomic E-state index is -0.513. The van der Waals surface area contributed by atoms with E-state index in [2.05, 4.69) is 56.5 Å². The second-order valence-electron chi connectivity index (χ2n) is 8.71. The zero-order chi connectivity index (χ0) is 22.0. The third-order valence-electron chi connectivity index (χ3n) is 6.40. The minimum absolute atomic E-state index is 0.0835. The molecule has 8 heteroatoms. The zero-order valence-corrected chi connectivity index (χ0v) is 18.5. The normalized spacial score (nSPS) is 21.9. The first kappa shape index (κ1) is 21.5. The molecule has 4 rings (SSSR count). The molecule has 2 N–H and O–H groups in total. The number of rotatable bonds is 6. The molecule has 2 fully saturated rings.